The quantitative estimate of drug-likeness (QED) is 0.315. The summed E-state index contributed by atoms with van der Waals surface area (Å²) in [6, 6.07) is 7.43. The van der Waals surface area contributed by atoms with Gasteiger partial charge in [-0.2, -0.15) is 0 Å². The van der Waals surface area contributed by atoms with Crippen molar-refractivity contribution in [1.82, 2.24) is 15.3 Å². The number of methoxy groups -OCH3 is 1. The average molecular weight is 287 g/mol. The first-order valence-electron chi connectivity index (χ1n) is 6.36. The number of nitrogens with zero attached hydrogens (tertiary/aromatic N) is 3. The molecule has 0 atom stereocenters. The summed E-state index contributed by atoms with van der Waals surface area (Å²) >= 11 is 0. The first-order chi connectivity index (χ1) is 10.2. The third-order valence-corrected chi connectivity index (χ3v) is 2.89. The van der Waals surface area contributed by atoms with Crippen molar-refractivity contribution in [3.8, 4) is 5.88 Å². The van der Waals surface area contributed by atoms with Crippen LogP contribution in [0.1, 0.15) is 16.8 Å². The van der Waals surface area contributed by atoms with Crippen LogP contribution in [0.4, 0.5) is 0 Å². The lowest BCUT2D eigenvalue weighted by Crippen LogP contribution is -2.21. The molecular weight excluding hydrogens is 270 g/mol. The fourth-order valence-electron chi connectivity index (χ4n) is 1.84. The van der Waals surface area contributed by atoms with E-state index < -0.39 is 0 Å². The van der Waals surface area contributed by atoms with Crippen molar-refractivity contribution < 1.29 is 9.94 Å². The van der Waals surface area contributed by atoms with E-state index in [4.69, 9.17) is 15.7 Å². The predicted molar refractivity (Wildman–Crippen MR) is 78.1 cm³/mol. The standard InChI is InChI=1S/C14H17N5O2/c1-21-12-5-4-10(8-18-12)7-16-9-11-3-2-6-17-13(11)14(15)19-20/h2-6,8,16,20H,7,9H2,1H3,(H2,15,19). The number of nitrogens with one attached hydrogen (secondary N) is 1. The number of oxime groups is 1. The maximum Gasteiger partial charge on any atom is 0.212 e. The Kier molecular flexibility index (Phi) is 5.05. The summed E-state index contributed by atoms with van der Waals surface area (Å²) in [5, 5.41) is 15.0. The summed E-state index contributed by atoms with van der Waals surface area (Å²) in [6.45, 7) is 1.19. The van der Waals surface area contributed by atoms with Crippen LogP contribution < -0.4 is 15.8 Å². The highest BCUT2D eigenvalue weighted by atomic mass is 16.5. The van der Waals surface area contributed by atoms with Crippen LogP contribution in [0.25, 0.3) is 0 Å². The number of aromatic nitrogens is 2. The SMILES string of the molecule is COc1ccc(CNCc2cccnc2C(N)=NO)cn1. The van der Waals surface area contributed by atoms with Gasteiger partial charge in [0.1, 0.15) is 5.69 Å². The lowest BCUT2D eigenvalue weighted by atomic mass is 10.1. The molecule has 0 radical (unpaired) electrons. The molecule has 0 aliphatic heterocycles. The second kappa shape index (κ2) is 7.20. The molecule has 7 nitrogen and oxygen atoms in total. The molecule has 2 rings (SSSR count). The number of pyridine rings is 2. The Hall–Kier alpha value is -2.67. The van der Waals surface area contributed by atoms with Crippen LogP contribution in [0, 0.1) is 0 Å². The third kappa shape index (κ3) is 3.90. The maximum atomic E-state index is 8.75. The summed E-state index contributed by atoms with van der Waals surface area (Å²) in [4.78, 5) is 8.25. The first kappa shape index (κ1) is 14.7. The van der Waals surface area contributed by atoms with Gasteiger partial charge in [-0.05, 0) is 17.2 Å². The summed E-state index contributed by atoms with van der Waals surface area (Å²) in [6.07, 6.45) is 3.35. The van der Waals surface area contributed by atoms with E-state index in [0.29, 0.717) is 24.7 Å². The smallest absolute Gasteiger partial charge is 0.212 e. The normalized spacial score (nSPS) is 11.4. The zero-order valence-corrected chi connectivity index (χ0v) is 11.7. The van der Waals surface area contributed by atoms with E-state index in [9.17, 15) is 0 Å². The van der Waals surface area contributed by atoms with Crippen LogP contribution in [-0.2, 0) is 13.1 Å². The predicted octanol–water partition coefficient (Wildman–Crippen LogP) is 0.869. The van der Waals surface area contributed by atoms with Gasteiger partial charge in [0.2, 0.25) is 5.88 Å². The summed E-state index contributed by atoms with van der Waals surface area (Å²) < 4.78 is 5.01. The minimum absolute atomic E-state index is 0.00138. The highest BCUT2D eigenvalue weighted by molar-refractivity contribution is 5.96. The van der Waals surface area contributed by atoms with Crippen LogP contribution >= 0.6 is 0 Å². The molecule has 0 saturated carbocycles. The number of nitrogens with two attached hydrogens (primary N) is 1. The van der Waals surface area contributed by atoms with Gasteiger partial charge < -0.3 is 21.0 Å². The fraction of sp³-hybridized carbons (Fsp3) is 0.214. The number of hydrogen-bond acceptors (Lipinski definition) is 6. The number of hydrogen-bond donors (Lipinski definition) is 3. The molecule has 4 N–H and O–H groups in total. The highest BCUT2D eigenvalue weighted by Gasteiger charge is 2.07. The van der Waals surface area contributed by atoms with E-state index >= 15 is 0 Å². The van der Waals surface area contributed by atoms with Gasteiger partial charge in [-0.3, -0.25) is 4.98 Å². The fourth-order valence-corrected chi connectivity index (χ4v) is 1.84. The van der Waals surface area contributed by atoms with Gasteiger partial charge >= 0.3 is 0 Å². The Bertz CT molecular complexity index is 613. The summed E-state index contributed by atoms with van der Waals surface area (Å²) in [5.74, 6) is 0.582. The molecular formula is C14H17N5O2. The van der Waals surface area contributed by atoms with Crippen molar-refractivity contribution in [2.45, 2.75) is 13.1 Å². The monoisotopic (exact) mass is 287 g/mol. The Labute approximate surface area is 122 Å². The van der Waals surface area contributed by atoms with Gasteiger partial charge in [-0.1, -0.05) is 17.3 Å². The van der Waals surface area contributed by atoms with Gasteiger partial charge in [0, 0.05) is 31.5 Å². The minimum Gasteiger partial charge on any atom is -0.481 e. The molecule has 7 heteroatoms. The Morgan fingerprint density at radius 2 is 2.19 bits per heavy atom. The molecule has 2 aromatic rings. The van der Waals surface area contributed by atoms with Gasteiger partial charge in [0.15, 0.2) is 5.84 Å². The number of rotatable bonds is 6. The van der Waals surface area contributed by atoms with Crippen LogP contribution in [0.15, 0.2) is 41.8 Å². The second-order valence-corrected chi connectivity index (χ2v) is 4.31. The van der Waals surface area contributed by atoms with Crippen LogP contribution in [0.5, 0.6) is 5.88 Å². The Balaban J connectivity index is 1.97. The average Bonchev–Trinajstić information content (AvgIpc) is 2.55. The molecule has 0 fully saturated rings. The highest BCUT2D eigenvalue weighted by Crippen LogP contribution is 2.08. The van der Waals surface area contributed by atoms with Gasteiger partial charge in [0.05, 0.1) is 7.11 Å². The molecule has 0 unspecified atom stereocenters. The van der Waals surface area contributed by atoms with Gasteiger partial charge in [-0.25, -0.2) is 4.98 Å². The number of amidine groups is 1. The molecule has 0 aliphatic rings. The largest absolute Gasteiger partial charge is 0.481 e. The first-order valence-corrected chi connectivity index (χ1v) is 6.36. The van der Waals surface area contributed by atoms with E-state index in [0.717, 1.165) is 11.1 Å². The lowest BCUT2D eigenvalue weighted by Gasteiger charge is -2.09. The van der Waals surface area contributed by atoms with Crippen molar-refractivity contribution >= 4 is 5.84 Å². The van der Waals surface area contributed by atoms with Crippen molar-refractivity contribution in [2.24, 2.45) is 10.9 Å². The molecule has 0 spiro atoms. The summed E-state index contributed by atoms with van der Waals surface area (Å²) in [5.41, 5.74) is 7.96. The van der Waals surface area contributed by atoms with Crippen LogP contribution in [0.2, 0.25) is 0 Å². The van der Waals surface area contributed by atoms with E-state index in [1.807, 2.05) is 18.2 Å². The van der Waals surface area contributed by atoms with Crippen molar-refractivity contribution in [1.29, 1.82) is 0 Å². The van der Waals surface area contributed by atoms with E-state index in [2.05, 4.69) is 20.4 Å². The van der Waals surface area contributed by atoms with Gasteiger partial charge in [-0.15, -0.1) is 0 Å². The molecule has 0 amide bonds. The summed E-state index contributed by atoms with van der Waals surface area (Å²) in [7, 11) is 1.58. The van der Waals surface area contributed by atoms with E-state index in [1.54, 1.807) is 25.6 Å². The molecule has 0 saturated heterocycles. The lowest BCUT2D eigenvalue weighted by molar-refractivity contribution is 0.318. The second-order valence-electron chi connectivity index (χ2n) is 4.31. The van der Waals surface area contributed by atoms with E-state index in [-0.39, 0.29) is 5.84 Å². The van der Waals surface area contributed by atoms with Gasteiger partial charge in [0.25, 0.3) is 0 Å². The molecule has 0 aliphatic carbocycles. The molecule has 110 valence electrons. The molecule has 0 aromatic carbocycles. The molecule has 2 aromatic heterocycles. The van der Waals surface area contributed by atoms with E-state index in [1.165, 1.54) is 0 Å². The van der Waals surface area contributed by atoms with Crippen LogP contribution in [-0.4, -0.2) is 28.1 Å². The minimum atomic E-state index is -0.00138. The number of ether oxygens (including phenoxy) is 1. The molecule has 2 heterocycles. The topological polar surface area (TPSA) is 106 Å². The van der Waals surface area contributed by atoms with Crippen molar-refractivity contribution in [3.63, 3.8) is 0 Å². The zero-order valence-electron chi connectivity index (χ0n) is 11.7. The Morgan fingerprint density at radius 1 is 1.33 bits per heavy atom. The maximum absolute atomic E-state index is 8.75. The van der Waals surface area contributed by atoms with Crippen molar-refractivity contribution in [2.75, 3.05) is 7.11 Å². The van der Waals surface area contributed by atoms with Crippen molar-refractivity contribution in [3.05, 3.63) is 53.5 Å². The molecule has 0 bridgehead atoms. The van der Waals surface area contributed by atoms with Crippen LogP contribution in [0.3, 0.4) is 0 Å². The third-order valence-electron chi connectivity index (χ3n) is 2.89. The Morgan fingerprint density at radius 3 is 2.86 bits per heavy atom. The molecule has 21 heavy (non-hydrogen) atoms. The zero-order chi connectivity index (χ0) is 15.1.